The summed E-state index contributed by atoms with van der Waals surface area (Å²) in [6.45, 7) is 4.06. The van der Waals surface area contributed by atoms with Crippen molar-refractivity contribution in [2.75, 3.05) is 0 Å². The molecule has 0 aromatic carbocycles. The topological polar surface area (TPSA) is 46.5 Å². The van der Waals surface area contributed by atoms with Gasteiger partial charge < -0.3 is 9.84 Å². The second-order valence-electron chi connectivity index (χ2n) is 5.03. The molecule has 3 heteroatoms. The van der Waals surface area contributed by atoms with Crippen LogP contribution in [0.4, 0.5) is 0 Å². The Morgan fingerprint density at radius 3 is 2.71 bits per heavy atom. The van der Waals surface area contributed by atoms with E-state index in [1.165, 1.54) is 12.8 Å². The maximum absolute atomic E-state index is 11.4. The lowest BCUT2D eigenvalue weighted by Gasteiger charge is -2.33. The van der Waals surface area contributed by atoms with Crippen LogP contribution in [0, 0.1) is 0 Å². The minimum atomic E-state index is -0.333. The van der Waals surface area contributed by atoms with Crippen molar-refractivity contribution < 1.29 is 14.6 Å². The molecule has 0 saturated carbocycles. The second kappa shape index (κ2) is 7.83. The van der Waals surface area contributed by atoms with Crippen LogP contribution >= 0.6 is 0 Å². The van der Waals surface area contributed by atoms with E-state index in [2.05, 4.69) is 6.92 Å². The van der Waals surface area contributed by atoms with Gasteiger partial charge in [-0.3, -0.25) is 4.79 Å². The third-order valence-corrected chi connectivity index (χ3v) is 3.52. The minimum Gasteiger partial charge on any atom is -0.390 e. The van der Waals surface area contributed by atoms with Crippen molar-refractivity contribution >= 4 is 5.78 Å². The predicted octanol–water partition coefficient (Wildman–Crippen LogP) is 2.84. The second-order valence-corrected chi connectivity index (χ2v) is 5.03. The van der Waals surface area contributed by atoms with Gasteiger partial charge in [-0.15, -0.1) is 0 Å². The Bertz CT molecular complexity index is 228. The number of hydrogen-bond donors (Lipinski definition) is 1. The molecule has 0 amide bonds. The van der Waals surface area contributed by atoms with Crippen molar-refractivity contribution in [3.63, 3.8) is 0 Å². The first-order chi connectivity index (χ1) is 8.17. The van der Waals surface area contributed by atoms with Crippen LogP contribution < -0.4 is 0 Å². The molecule has 1 rings (SSSR count). The number of aliphatic hydroxyl groups is 1. The van der Waals surface area contributed by atoms with E-state index in [4.69, 9.17) is 4.74 Å². The SMILES string of the molecule is CCCCC[C@@H]1O[C@H](CC(=O)CC)CC[C@H]1O. The van der Waals surface area contributed by atoms with Gasteiger partial charge in [0.2, 0.25) is 0 Å². The Morgan fingerprint density at radius 1 is 1.29 bits per heavy atom. The number of aliphatic hydroxyl groups excluding tert-OH is 1. The third-order valence-electron chi connectivity index (χ3n) is 3.52. The lowest BCUT2D eigenvalue weighted by Crippen LogP contribution is -2.39. The zero-order valence-electron chi connectivity index (χ0n) is 11.2. The van der Waals surface area contributed by atoms with E-state index in [-0.39, 0.29) is 24.1 Å². The van der Waals surface area contributed by atoms with E-state index >= 15 is 0 Å². The third kappa shape index (κ3) is 5.17. The molecule has 0 radical (unpaired) electrons. The van der Waals surface area contributed by atoms with Crippen molar-refractivity contribution in [3.8, 4) is 0 Å². The van der Waals surface area contributed by atoms with Crippen molar-refractivity contribution in [2.24, 2.45) is 0 Å². The fraction of sp³-hybridized carbons (Fsp3) is 0.929. The maximum Gasteiger partial charge on any atom is 0.135 e. The number of unbranched alkanes of at least 4 members (excludes halogenated alkanes) is 2. The summed E-state index contributed by atoms with van der Waals surface area (Å²) >= 11 is 0. The number of ketones is 1. The molecular formula is C14H26O3. The highest BCUT2D eigenvalue weighted by molar-refractivity contribution is 5.78. The average molecular weight is 242 g/mol. The molecule has 1 fully saturated rings. The van der Waals surface area contributed by atoms with E-state index in [1.54, 1.807) is 0 Å². The number of carbonyl (C=O) groups excluding carboxylic acids is 1. The van der Waals surface area contributed by atoms with E-state index in [1.807, 2.05) is 6.92 Å². The molecular weight excluding hydrogens is 216 g/mol. The molecule has 100 valence electrons. The fourth-order valence-electron chi connectivity index (χ4n) is 2.35. The van der Waals surface area contributed by atoms with Gasteiger partial charge in [0.1, 0.15) is 5.78 Å². The molecule has 0 aliphatic carbocycles. The molecule has 0 bridgehead atoms. The molecule has 0 unspecified atom stereocenters. The summed E-state index contributed by atoms with van der Waals surface area (Å²) in [5.74, 6) is 0.263. The molecule has 1 N–H and O–H groups in total. The van der Waals surface area contributed by atoms with Crippen LogP contribution in [0.5, 0.6) is 0 Å². The molecule has 3 nitrogen and oxygen atoms in total. The van der Waals surface area contributed by atoms with Gasteiger partial charge in [0, 0.05) is 12.8 Å². The van der Waals surface area contributed by atoms with Gasteiger partial charge >= 0.3 is 0 Å². The van der Waals surface area contributed by atoms with E-state index in [0.29, 0.717) is 12.8 Å². The monoisotopic (exact) mass is 242 g/mol. The van der Waals surface area contributed by atoms with Crippen LogP contribution in [0.15, 0.2) is 0 Å². The summed E-state index contributed by atoms with van der Waals surface area (Å²) < 4.78 is 5.85. The Labute approximate surface area is 105 Å². The first kappa shape index (κ1) is 14.7. The summed E-state index contributed by atoms with van der Waals surface area (Å²) in [4.78, 5) is 11.4. The molecule has 1 aliphatic heterocycles. The molecule has 1 aliphatic rings. The van der Waals surface area contributed by atoms with Gasteiger partial charge in [-0.05, 0) is 19.3 Å². The highest BCUT2D eigenvalue weighted by Gasteiger charge is 2.30. The summed E-state index contributed by atoms with van der Waals surface area (Å²) in [5.41, 5.74) is 0. The van der Waals surface area contributed by atoms with Crippen molar-refractivity contribution in [3.05, 3.63) is 0 Å². The first-order valence-corrected chi connectivity index (χ1v) is 7.02. The van der Waals surface area contributed by atoms with Crippen LogP contribution in [0.2, 0.25) is 0 Å². The highest BCUT2D eigenvalue weighted by atomic mass is 16.5. The van der Waals surface area contributed by atoms with E-state index in [9.17, 15) is 9.90 Å². The standard InChI is InChI=1S/C14H26O3/c1-3-5-6-7-14-13(16)9-8-12(17-14)10-11(15)4-2/h12-14,16H,3-10H2,1-2H3/t12-,13+,14-/m0/s1. The lowest BCUT2D eigenvalue weighted by atomic mass is 9.94. The van der Waals surface area contributed by atoms with E-state index < -0.39 is 0 Å². The van der Waals surface area contributed by atoms with Crippen LogP contribution in [0.3, 0.4) is 0 Å². The van der Waals surface area contributed by atoms with Crippen LogP contribution in [-0.2, 0) is 9.53 Å². The van der Waals surface area contributed by atoms with Gasteiger partial charge in [0.05, 0.1) is 18.3 Å². The quantitative estimate of drug-likeness (QED) is 0.698. The molecule has 3 atom stereocenters. The number of hydrogen-bond acceptors (Lipinski definition) is 3. The van der Waals surface area contributed by atoms with Crippen molar-refractivity contribution in [1.82, 2.24) is 0 Å². The fourth-order valence-corrected chi connectivity index (χ4v) is 2.35. The van der Waals surface area contributed by atoms with Crippen molar-refractivity contribution in [1.29, 1.82) is 0 Å². The Balaban J connectivity index is 2.33. The van der Waals surface area contributed by atoms with Gasteiger partial charge in [-0.25, -0.2) is 0 Å². The molecule has 1 saturated heterocycles. The Kier molecular flexibility index (Phi) is 6.75. The van der Waals surface area contributed by atoms with Crippen LogP contribution in [-0.4, -0.2) is 29.2 Å². The number of rotatable bonds is 7. The average Bonchev–Trinajstić information content (AvgIpc) is 2.33. The zero-order valence-corrected chi connectivity index (χ0v) is 11.2. The first-order valence-electron chi connectivity index (χ1n) is 7.02. The summed E-state index contributed by atoms with van der Waals surface area (Å²) in [6.07, 6.45) is 6.75. The Morgan fingerprint density at radius 2 is 2.06 bits per heavy atom. The number of carbonyl (C=O) groups is 1. The molecule has 0 aromatic heterocycles. The summed E-state index contributed by atoms with van der Waals surface area (Å²) in [5, 5.41) is 9.87. The number of Topliss-reactive ketones (excluding diaryl/α,β-unsaturated/α-hetero) is 1. The van der Waals surface area contributed by atoms with Crippen LogP contribution in [0.25, 0.3) is 0 Å². The lowest BCUT2D eigenvalue weighted by molar-refractivity contribution is -0.137. The van der Waals surface area contributed by atoms with Gasteiger partial charge in [0.15, 0.2) is 0 Å². The van der Waals surface area contributed by atoms with Gasteiger partial charge in [-0.2, -0.15) is 0 Å². The largest absolute Gasteiger partial charge is 0.390 e. The predicted molar refractivity (Wildman–Crippen MR) is 68.0 cm³/mol. The molecule has 1 heterocycles. The zero-order chi connectivity index (χ0) is 12.7. The van der Waals surface area contributed by atoms with Crippen molar-refractivity contribution in [2.45, 2.75) is 83.5 Å². The molecule has 0 aromatic rings. The number of ether oxygens (including phenoxy) is 1. The smallest absolute Gasteiger partial charge is 0.135 e. The maximum atomic E-state index is 11.4. The van der Waals surface area contributed by atoms with Gasteiger partial charge in [-0.1, -0.05) is 33.1 Å². The highest BCUT2D eigenvalue weighted by Crippen LogP contribution is 2.25. The Hall–Kier alpha value is -0.410. The molecule has 0 spiro atoms. The minimum absolute atomic E-state index is 0.0393. The van der Waals surface area contributed by atoms with Crippen LogP contribution in [0.1, 0.15) is 65.2 Å². The summed E-state index contributed by atoms with van der Waals surface area (Å²) in [7, 11) is 0. The summed E-state index contributed by atoms with van der Waals surface area (Å²) in [6, 6.07) is 0. The van der Waals surface area contributed by atoms with Gasteiger partial charge in [0.25, 0.3) is 0 Å². The van der Waals surface area contributed by atoms with E-state index in [0.717, 1.165) is 25.7 Å². The molecule has 17 heavy (non-hydrogen) atoms. The normalized spacial score (nSPS) is 29.2.